The number of hydrogen-bond acceptors (Lipinski definition) is 5. The standard InChI is InChI=1S/C21H24O5S/c1-4-15-6-9-17(5-2)19(12-15)20(22)13-26-21(23)18-10-7-16(8-11-18)14-27(3,24)25/h6-12H,4-5,13-14H2,1-3H3. The van der Waals surface area contributed by atoms with Crippen LogP contribution < -0.4 is 0 Å². The largest absolute Gasteiger partial charge is 0.454 e. The summed E-state index contributed by atoms with van der Waals surface area (Å²) in [7, 11) is -3.14. The number of esters is 1. The molecular weight excluding hydrogens is 364 g/mol. The molecule has 2 aromatic carbocycles. The SMILES string of the molecule is CCc1ccc(CC)c(C(=O)COC(=O)c2ccc(CS(C)(=O)=O)cc2)c1. The summed E-state index contributed by atoms with van der Waals surface area (Å²) in [4.78, 5) is 24.7. The van der Waals surface area contributed by atoms with Crippen molar-refractivity contribution in [1.82, 2.24) is 0 Å². The number of rotatable bonds is 8. The van der Waals surface area contributed by atoms with Crippen molar-refractivity contribution in [2.24, 2.45) is 0 Å². The molecule has 0 aromatic heterocycles. The second-order valence-corrected chi connectivity index (χ2v) is 8.61. The molecule has 0 amide bonds. The molecule has 0 aliphatic heterocycles. The third kappa shape index (κ3) is 6.03. The van der Waals surface area contributed by atoms with Crippen molar-refractivity contribution in [2.75, 3.05) is 12.9 Å². The highest BCUT2D eigenvalue weighted by atomic mass is 32.2. The van der Waals surface area contributed by atoms with E-state index in [1.54, 1.807) is 12.1 Å². The highest BCUT2D eigenvalue weighted by molar-refractivity contribution is 7.89. The fourth-order valence-corrected chi connectivity index (χ4v) is 3.54. The van der Waals surface area contributed by atoms with Crippen LogP contribution in [0.15, 0.2) is 42.5 Å². The van der Waals surface area contributed by atoms with E-state index in [0.29, 0.717) is 11.1 Å². The fraction of sp³-hybridized carbons (Fsp3) is 0.333. The summed E-state index contributed by atoms with van der Waals surface area (Å²) in [5, 5.41) is 0. The molecule has 0 aliphatic rings. The van der Waals surface area contributed by atoms with Crippen LogP contribution in [0.1, 0.15) is 51.3 Å². The van der Waals surface area contributed by atoms with Gasteiger partial charge in [-0.15, -0.1) is 0 Å². The van der Waals surface area contributed by atoms with Crippen LogP contribution in [0.3, 0.4) is 0 Å². The second kappa shape index (κ2) is 8.95. The first-order valence-corrected chi connectivity index (χ1v) is 10.9. The highest BCUT2D eigenvalue weighted by Gasteiger charge is 2.15. The van der Waals surface area contributed by atoms with Gasteiger partial charge in [0.2, 0.25) is 5.78 Å². The van der Waals surface area contributed by atoms with E-state index in [1.807, 2.05) is 32.0 Å². The summed E-state index contributed by atoms with van der Waals surface area (Å²) in [5.41, 5.74) is 3.45. The minimum Gasteiger partial charge on any atom is -0.454 e. The van der Waals surface area contributed by atoms with Gasteiger partial charge in [-0.1, -0.05) is 38.1 Å². The fourth-order valence-electron chi connectivity index (χ4n) is 2.74. The van der Waals surface area contributed by atoms with E-state index < -0.39 is 15.8 Å². The molecule has 144 valence electrons. The lowest BCUT2D eigenvalue weighted by Crippen LogP contribution is -2.16. The summed E-state index contributed by atoms with van der Waals surface area (Å²) in [6.45, 7) is 3.66. The quantitative estimate of drug-likeness (QED) is 0.512. The predicted molar refractivity (Wildman–Crippen MR) is 105 cm³/mol. The molecule has 0 fully saturated rings. The average molecular weight is 388 g/mol. The van der Waals surface area contributed by atoms with Crippen LogP contribution in [0.4, 0.5) is 0 Å². The molecule has 2 rings (SSSR count). The first kappa shape index (κ1) is 20.8. The molecule has 0 N–H and O–H groups in total. The van der Waals surface area contributed by atoms with Crippen molar-refractivity contribution in [3.63, 3.8) is 0 Å². The summed E-state index contributed by atoms with van der Waals surface area (Å²) in [6, 6.07) is 11.9. The van der Waals surface area contributed by atoms with Gasteiger partial charge in [-0.3, -0.25) is 4.79 Å². The highest BCUT2D eigenvalue weighted by Crippen LogP contribution is 2.15. The van der Waals surface area contributed by atoms with E-state index in [1.165, 1.54) is 12.1 Å². The first-order valence-electron chi connectivity index (χ1n) is 8.82. The van der Waals surface area contributed by atoms with E-state index in [4.69, 9.17) is 4.74 Å². The molecule has 5 nitrogen and oxygen atoms in total. The van der Waals surface area contributed by atoms with E-state index >= 15 is 0 Å². The number of hydrogen-bond donors (Lipinski definition) is 0. The number of carbonyl (C=O) groups is 2. The molecule has 2 aromatic rings. The maximum Gasteiger partial charge on any atom is 0.338 e. The monoisotopic (exact) mass is 388 g/mol. The molecule has 0 radical (unpaired) electrons. The Morgan fingerprint density at radius 1 is 0.926 bits per heavy atom. The van der Waals surface area contributed by atoms with Gasteiger partial charge in [0.05, 0.1) is 11.3 Å². The minimum atomic E-state index is -3.14. The number of ether oxygens (including phenoxy) is 1. The number of carbonyl (C=O) groups excluding carboxylic acids is 2. The van der Waals surface area contributed by atoms with Gasteiger partial charge in [-0.25, -0.2) is 13.2 Å². The van der Waals surface area contributed by atoms with Crippen molar-refractivity contribution >= 4 is 21.6 Å². The van der Waals surface area contributed by atoms with Crippen molar-refractivity contribution < 1.29 is 22.7 Å². The zero-order chi connectivity index (χ0) is 20.0. The van der Waals surface area contributed by atoms with Crippen LogP contribution in [0, 0.1) is 0 Å². The van der Waals surface area contributed by atoms with Gasteiger partial charge in [-0.05, 0) is 47.7 Å². The number of aryl methyl sites for hydroxylation is 2. The van der Waals surface area contributed by atoms with Crippen molar-refractivity contribution in [1.29, 1.82) is 0 Å². The Labute approximate surface area is 160 Å². The lowest BCUT2D eigenvalue weighted by Gasteiger charge is -2.10. The van der Waals surface area contributed by atoms with Crippen LogP contribution in [0.25, 0.3) is 0 Å². The molecule has 0 atom stereocenters. The van der Waals surface area contributed by atoms with Gasteiger partial charge in [-0.2, -0.15) is 0 Å². The molecule has 0 spiro atoms. The third-order valence-corrected chi connectivity index (χ3v) is 5.07. The first-order chi connectivity index (χ1) is 12.7. The molecule has 0 saturated carbocycles. The topological polar surface area (TPSA) is 77.5 Å². The van der Waals surface area contributed by atoms with Crippen LogP contribution in [0.5, 0.6) is 0 Å². The van der Waals surface area contributed by atoms with Gasteiger partial charge in [0.25, 0.3) is 0 Å². The molecule has 0 heterocycles. The van der Waals surface area contributed by atoms with E-state index in [2.05, 4.69) is 0 Å². The molecule has 0 aliphatic carbocycles. The van der Waals surface area contributed by atoms with Crippen LogP contribution in [-0.4, -0.2) is 33.0 Å². The van der Waals surface area contributed by atoms with Crippen LogP contribution in [0.2, 0.25) is 0 Å². The smallest absolute Gasteiger partial charge is 0.338 e. The van der Waals surface area contributed by atoms with Crippen molar-refractivity contribution in [3.8, 4) is 0 Å². The summed E-state index contributed by atoms with van der Waals surface area (Å²) >= 11 is 0. The van der Waals surface area contributed by atoms with Gasteiger partial charge >= 0.3 is 5.97 Å². The third-order valence-electron chi connectivity index (χ3n) is 4.22. The van der Waals surface area contributed by atoms with Crippen LogP contribution >= 0.6 is 0 Å². The zero-order valence-electron chi connectivity index (χ0n) is 15.8. The molecule has 27 heavy (non-hydrogen) atoms. The van der Waals surface area contributed by atoms with E-state index in [9.17, 15) is 18.0 Å². The number of ketones is 1. The maximum atomic E-state index is 12.5. The van der Waals surface area contributed by atoms with Crippen LogP contribution in [-0.2, 0) is 33.2 Å². The maximum absolute atomic E-state index is 12.5. The summed E-state index contributed by atoms with van der Waals surface area (Å²) < 4.78 is 27.8. The molecule has 0 unspecified atom stereocenters. The van der Waals surface area contributed by atoms with Gasteiger partial charge in [0, 0.05) is 11.8 Å². The Morgan fingerprint density at radius 2 is 1.56 bits per heavy atom. The molecule has 0 bridgehead atoms. The Hall–Kier alpha value is -2.47. The summed E-state index contributed by atoms with van der Waals surface area (Å²) in [5.74, 6) is -0.933. The number of Topliss-reactive ketones (excluding diaryl/α,β-unsaturated/α-hetero) is 1. The predicted octanol–water partition coefficient (Wildman–Crippen LogP) is 3.40. The normalized spacial score (nSPS) is 11.2. The van der Waals surface area contributed by atoms with E-state index in [0.717, 1.165) is 30.2 Å². The Balaban J connectivity index is 2.04. The minimum absolute atomic E-state index is 0.0889. The number of sulfone groups is 1. The molecular formula is C21H24O5S. The van der Waals surface area contributed by atoms with Gasteiger partial charge in [0.15, 0.2) is 16.4 Å². The van der Waals surface area contributed by atoms with Gasteiger partial charge in [0.1, 0.15) is 0 Å². The Morgan fingerprint density at radius 3 is 2.11 bits per heavy atom. The Kier molecular flexibility index (Phi) is 6.91. The number of benzene rings is 2. The lowest BCUT2D eigenvalue weighted by molar-refractivity contribution is 0.0474. The van der Waals surface area contributed by atoms with E-state index in [-0.39, 0.29) is 23.7 Å². The lowest BCUT2D eigenvalue weighted by atomic mass is 9.98. The Bertz CT molecular complexity index is 928. The molecule has 0 saturated heterocycles. The zero-order valence-corrected chi connectivity index (χ0v) is 16.6. The molecule has 6 heteroatoms. The van der Waals surface area contributed by atoms with Crippen molar-refractivity contribution in [2.45, 2.75) is 32.4 Å². The average Bonchev–Trinajstić information content (AvgIpc) is 2.64. The second-order valence-electron chi connectivity index (χ2n) is 6.46. The van der Waals surface area contributed by atoms with Crippen molar-refractivity contribution in [3.05, 3.63) is 70.3 Å². The summed E-state index contributed by atoms with van der Waals surface area (Å²) in [6.07, 6.45) is 2.70. The van der Waals surface area contributed by atoms with Gasteiger partial charge < -0.3 is 4.74 Å².